The number of aromatic amines is 1. The van der Waals surface area contributed by atoms with Gasteiger partial charge in [-0.2, -0.15) is 0 Å². The van der Waals surface area contributed by atoms with Gasteiger partial charge in [0.15, 0.2) is 0 Å². The fraction of sp³-hybridized carbons (Fsp3) is 0. The lowest BCUT2D eigenvalue weighted by Gasteiger charge is -2.16. The zero-order valence-electron chi connectivity index (χ0n) is 17.4. The highest BCUT2D eigenvalue weighted by molar-refractivity contribution is 14.1. The molecule has 0 aliphatic carbocycles. The number of para-hydroxylation sites is 3. The van der Waals surface area contributed by atoms with Crippen LogP contribution in [0.15, 0.2) is 102 Å². The summed E-state index contributed by atoms with van der Waals surface area (Å²) in [7, 11) is 0. The van der Waals surface area contributed by atoms with Gasteiger partial charge >= 0.3 is 0 Å². The van der Waals surface area contributed by atoms with E-state index >= 15 is 0 Å². The van der Waals surface area contributed by atoms with E-state index in [1.165, 1.54) is 0 Å². The summed E-state index contributed by atoms with van der Waals surface area (Å²) in [5, 5.41) is 0.584. The second kappa shape index (κ2) is 7.97. The van der Waals surface area contributed by atoms with Crippen molar-refractivity contribution < 1.29 is 0 Å². The van der Waals surface area contributed by atoms with Crippen molar-refractivity contribution in [3.8, 4) is 28.5 Å². The molecule has 158 valence electrons. The average Bonchev–Trinajstić information content (AvgIpc) is 3.29. The molecular formula is C27H17IN4O. The van der Waals surface area contributed by atoms with Crippen molar-refractivity contribution in [3.63, 3.8) is 0 Å². The summed E-state index contributed by atoms with van der Waals surface area (Å²) in [6.07, 6.45) is 0. The summed E-state index contributed by atoms with van der Waals surface area (Å²) in [6, 6.07) is 31.3. The van der Waals surface area contributed by atoms with Gasteiger partial charge < -0.3 is 4.98 Å². The minimum Gasteiger partial charge on any atom is -0.338 e. The summed E-state index contributed by atoms with van der Waals surface area (Å²) < 4.78 is 2.69. The number of imidazole rings is 1. The molecule has 0 spiro atoms. The number of fused-ring (bicyclic) bond motifs is 2. The quantitative estimate of drug-likeness (QED) is 0.272. The van der Waals surface area contributed by atoms with Gasteiger partial charge in [0.2, 0.25) is 0 Å². The normalized spacial score (nSPS) is 11.3. The third kappa shape index (κ3) is 3.43. The van der Waals surface area contributed by atoms with Gasteiger partial charge in [-0.15, -0.1) is 0 Å². The van der Waals surface area contributed by atoms with Gasteiger partial charge in [-0.05, 0) is 65.1 Å². The molecule has 0 saturated heterocycles. The summed E-state index contributed by atoms with van der Waals surface area (Å²) in [4.78, 5) is 27.0. The first kappa shape index (κ1) is 19.9. The zero-order valence-corrected chi connectivity index (χ0v) is 19.5. The van der Waals surface area contributed by atoms with Gasteiger partial charge in [-0.25, -0.2) is 9.97 Å². The lowest BCUT2D eigenvalue weighted by atomic mass is 10.1. The standard InChI is InChI=1S/C27H17IN4O/c28-18-14-15-21-20(16-18)27(33)32(26(31-21)17-8-2-1-3-9-17)24-13-7-4-10-19(24)25-29-22-11-5-6-12-23(22)30-25/h1-16H,(H,29,30). The molecular weight excluding hydrogens is 523 g/mol. The maximum atomic E-state index is 13.9. The van der Waals surface area contributed by atoms with E-state index < -0.39 is 0 Å². The van der Waals surface area contributed by atoms with Crippen LogP contribution in [0.1, 0.15) is 0 Å². The highest BCUT2D eigenvalue weighted by Gasteiger charge is 2.19. The molecule has 0 atom stereocenters. The van der Waals surface area contributed by atoms with Crippen molar-refractivity contribution in [3.05, 3.63) is 111 Å². The summed E-state index contributed by atoms with van der Waals surface area (Å²) in [5.41, 5.74) is 4.83. The first-order valence-electron chi connectivity index (χ1n) is 10.5. The number of aromatic nitrogens is 4. The first-order valence-corrected chi connectivity index (χ1v) is 11.6. The van der Waals surface area contributed by atoms with E-state index in [-0.39, 0.29) is 5.56 Å². The van der Waals surface area contributed by atoms with Crippen LogP contribution in [0.4, 0.5) is 0 Å². The third-order valence-electron chi connectivity index (χ3n) is 5.65. The number of nitrogens with one attached hydrogen (secondary N) is 1. The Balaban J connectivity index is 1.70. The number of rotatable bonds is 3. The number of hydrogen-bond donors (Lipinski definition) is 1. The number of H-pyrrole nitrogens is 1. The Morgan fingerprint density at radius 1 is 0.758 bits per heavy atom. The molecule has 0 unspecified atom stereocenters. The van der Waals surface area contributed by atoms with Crippen molar-refractivity contribution in [1.82, 2.24) is 19.5 Å². The molecule has 4 aromatic carbocycles. The molecule has 0 aliphatic heterocycles. The molecule has 6 rings (SSSR count). The molecule has 0 amide bonds. The monoisotopic (exact) mass is 540 g/mol. The average molecular weight is 540 g/mol. The van der Waals surface area contributed by atoms with Crippen LogP contribution < -0.4 is 5.56 Å². The molecule has 6 aromatic rings. The van der Waals surface area contributed by atoms with E-state index in [4.69, 9.17) is 9.97 Å². The van der Waals surface area contributed by atoms with Gasteiger partial charge in [0.25, 0.3) is 5.56 Å². The Kier molecular flexibility index (Phi) is 4.80. The van der Waals surface area contributed by atoms with Crippen LogP contribution in [-0.2, 0) is 0 Å². The van der Waals surface area contributed by atoms with Crippen LogP contribution in [0, 0.1) is 3.57 Å². The van der Waals surface area contributed by atoms with E-state index in [0.717, 1.165) is 31.4 Å². The largest absolute Gasteiger partial charge is 0.338 e. The molecule has 0 radical (unpaired) electrons. The fourth-order valence-corrected chi connectivity index (χ4v) is 4.60. The van der Waals surface area contributed by atoms with Crippen LogP contribution in [-0.4, -0.2) is 19.5 Å². The van der Waals surface area contributed by atoms with E-state index in [2.05, 4.69) is 27.6 Å². The van der Waals surface area contributed by atoms with E-state index in [1.807, 2.05) is 97.1 Å². The molecule has 6 heteroatoms. The van der Waals surface area contributed by atoms with Crippen LogP contribution in [0.2, 0.25) is 0 Å². The predicted octanol–water partition coefficient (Wildman–Crippen LogP) is 6.20. The molecule has 0 aliphatic rings. The molecule has 33 heavy (non-hydrogen) atoms. The maximum absolute atomic E-state index is 13.9. The first-order chi connectivity index (χ1) is 16.2. The van der Waals surface area contributed by atoms with Crippen molar-refractivity contribution in [2.45, 2.75) is 0 Å². The third-order valence-corrected chi connectivity index (χ3v) is 6.32. The minimum atomic E-state index is -0.110. The van der Waals surface area contributed by atoms with Crippen molar-refractivity contribution in [1.29, 1.82) is 0 Å². The molecule has 0 fully saturated rings. The van der Waals surface area contributed by atoms with Gasteiger partial charge in [0, 0.05) is 14.7 Å². The summed E-state index contributed by atoms with van der Waals surface area (Å²) >= 11 is 2.22. The van der Waals surface area contributed by atoms with Gasteiger partial charge in [0.1, 0.15) is 11.6 Å². The Hall–Kier alpha value is -3.78. The molecule has 0 bridgehead atoms. The van der Waals surface area contributed by atoms with Crippen molar-refractivity contribution in [2.75, 3.05) is 0 Å². The summed E-state index contributed by atoms with van der Waals surface area (Å²) in [6.45, 7) is 0. The predicted molar refractivity (Wildman–Crippen MR) is 141 cm³/mol. The van der Waals surface area contributed by atoms with Crippen LogP contribution in [0.3, 0.4) is 0 Å². The highest BCUT2D eigenvalue weighted by atomic mass is 127. The Morgan fingerprint density at radius 2 is 1.52 bits per heavy atom. The van der Waals surface area contributed by atoms with Crippen molar-refractivity contribution in [2.24, 2.45) is 0 Å². The number of benzene rings is 4. The molecule has 2 heterocycles. The number of hydrogen-bond acceptors (Lipinski definition) is 3. The van der Waals surface area contributed by atoms with E-state index in [0.29, 0.717) is 22.6 Å². The Morgan fingerprint density at radius 3 is 2.36 bits per heavy atom. The molecule has 2 aromatic heterocycles. The number of halogens is 1. The SMILES string of the molecule is O=c1c2cc(I)ccc2nc(-c2ccccc2)n1-c1ccccc1-c1nc2ccccc2[nH]1. The Labute approximate surface area is 202 Å². The summed E-state index contributed by atoms with van der Waals surface area (Å²) in [5.74, 6) is 1.30. The van der Waals surface area contributed by atoms with Gasteiger partial charge in [0.05, 0.1) is 27.6 Å². The van der Waals surface area contributed by atoms with E-state index in [9.17, 15) is 4.79 Å². The van der Waals surface area contributed by atoms with Gasteiger partial charge in [-0.3, -0.25) is 9.36 Å². The Bertz CT molecular complexity index is 1670. The molecule has 0 saturated carbocycles. The second-order valence-corrected chi connectivity index (χ2v) is 8.97. The lowest BCUT2D eigenvalue weighted by Crippen LogP contribution is -2.22. The molecule has 1 N–H and O–H groups in total. The lowest BCUT2D eigenvalue weighted by molar-refractivity contribution is 0.975. The second-order valence-electron chi connectivity index (χ2n) is 7.72. The maximum Gasteiger partial charge on any atom is 0.266 e. The minimum absolute atomic E-state index is 0.110. The highest BCUT2D eigenvalue weighted by Crippen LogP contribution is 2.30. The number of nitrogens with zero attached hydrogens (tertiary/aromatic N) is 3. The molecule has 5 nitrogen and oxygen atoms in total. The fourth-order valence-electron chi connectivity index (χ4n) is 4.11. The zero-order chi connectivity index (χ0) is 22.4. The van der Waals surface area contributed by atoms with E-state index in [1.54, 1.807) is 4.57 Å². The topological polar surface area (TPSA) is 63.6 Å². The van der Waals surface area contributed by atoms with Crippen LogP contribution >= 0.6 is 22.6 Å². The van der Waals surface area contributed by atoms with Crippen molar-refractivity contribution >= 4 is 44.5 Å². The van der Waals surface area contributed by atoms with Crippen LogP contribution in [0.5, 0.6) is 0 Å². The van der Waals surface area contributed by atoms with Gasteiger partial charge in [-0.1, -0.05) is 54.6 Å². The van der Waals surface area contributed by atoms with Crippen LogP contribution in [0.25, 0.3) is 50.4 Å². The smallest absolute Gasteiger partial charge is 0.266 e.